The number of halogens is 3. The predicted octanol–water partition coefficient (Wildman–Crippen LogP) is 2.91. The van der Waals surface area contributed by atoms with Gasteiger partial charge < -0.3 is 14.2 Å². The Kier molecular flexibility index (Phi) is 4.43. The smallest absolute Gasteiger partial charge is 0.416 e. The Hall–Kier alpha value is -2.84. The van der Waals surface area contributed by atoms with Gasteiger partial charge in [-0.25, -0.2) is 4.79 Å². The zero-order valence-electron chi connectivity index (χ0n) is 15.3. The van der Waals surface area contributed by atoms with Crippen LogP contribution in [-0.2, 0) is 30.0 Å². The minimum Gasteiger partial charge on any atom is -0.458 e. The summed E-state index contributed by atoms with van der Waals surface area (Å²) in [6.07, 6.45) is -5.60. The van der Waals surface area contributed by atoms with E-state index < -0.39 is 59.6 Å². The highest BCUT2D eigenvalue weighted by molar-refractivity contribution is 5.89. The van der Waals surface area contributed by atoms with Crippen LogP contribution in [0.4, 0.5) is 13.2 Å². The molecule has 0 N–H and O–H groups in total. The average Bonchev–Trinajstić information content (AvgIpc) is 3.24. The van der Waals surface area contributed by atoms with Gasteiger partial charge >= 0.3 is 24.1 Å². The maximum atomic E-state index is 12.9. The highest BCUT2D eigenvalue weighted by atomic mass is 19.4. The van der Waals surface area contributed by atoms with Crippen LogP contribution in [0.15, 0.2) is 36.4 Å². The van der Waals surface area contributed by atoms with E-state index in [1.54, 1.807) is 0 Å². The number of benzene rings is 1. The zero-order valence-corrected chi connectivity index (χ0v) is 15.3. The second kappa shape index (κ2) is 6.60. The van der Waals surface area contributed by atoms with Gasteiger partial charge in [-0.1, -0.05) is 12.6 Å². The van der Waals surface area contributed by atoms with Crippen molar-refractivity contribution in [2.75, 3.05) is 0 Å². The minimum absolute atomic E-state index is 0.164. The molecule has 0 aromatic heterocycles. The van der Waals surface area contributed by atoms with Crippen LogP contribution in [0.2, 0.25) is 0 Å². The second-order valence-corrected chi connectivity index (χ2v) is 7.61. The summed E-state index contributed by atoms with van der Waals surface area (Å²) in [5, 5.41) is 0. The Balaban J connectivity index is 1.56. The molecular weight excluding hydrogens is 393 g/mol. The maximum absolute atomic E-state index is 12.9. The molecule has 1 aliphatic heterocycles. The SMILES string of the molecule is C=C(C)C(=O)OC1C2CC3C1OC(=O)C3C2C(=O)Oc1cccc(C(F)(F)F)c1. The molecule has 4 rings (SSSR count). The summed E-state index contributed by atoms with van der Waals surface area (Å²) >= 11 is 0. The number of ether oxygens (including phenoxy) is 3. The van der Waals surface area contributed by atoms with E-state index >= 15 is 0 Å². The molecule has 0 spiro atoms. The molecule has 29 heavy (non-hydrogen) atoms. The largest absolute Gasteiger partial charge is 0.458 e. The molecule has 0 amide bonds. The molecule has 1 aromatic carbocycles. The van der Waals surface area contributed by atoms with Crippen LogP contribution in [0.3, 0.4) is 0 Å². The first-order valence-electron chi connectivity index (χ1n) is 9.04. The molecule has 2 saturated carbocycles. The van der Waals surface area contributed by atoms with E-state index in [2.05, 4.69) is 6.58 Å². The number of esters is 3. The van der Waals surface area contributed by atoms with Crippen molar-refractivity contribution in [3.63, 3.8) is 0 Å². The fourth-order valence-corrected chi connectivity index (χ4v) is 4.61. The second-order valence-electron chi connectivity index (χ2n) is 7.61. The van der Waals surface area contributed by atoms with E-state index in [9.17, 15) is 27.6 Å². The van der Waals surface area contributed by atoms with Gasteiger partial charge in [-0.2, -0.15) is 13.2 Å². The van der Waals surface area contributed by atoms with Gasteiger partial charge in [0.1, 0.15) is 18.0 Å². The third-order valence-electron chi connectivity index (χ3n) is 5.79. The lowest BCUT2D eigenvalue weighted by Gasteiger charge is -2.30. The van der Waals surface area contributed by atoms with Crippen LogP contribution < -0.4 is 4.74 Å². The Labute approximate surface area is 163 Å². The molecule has 6 unspecified atom stereocenters. The van der Waals surface area contributed by atoms with Gasteiger partial charge in [0.25, 0.3) is 0 Å². The first kappa shape index (κ1) is 19.5. The lowest BCUT2D eigenvalue weighted by Crippen LogP contribution is -2.44. The van der Waals surface area contributed by atoms with E-state index in [0.29, 0.717) is 6.42 Å². The van der Waals surface area contributed by atoms with E-state index in [-0.39, 0.29) is 17.2 Å². The number of hydrogen-bond acceptors (Lipinski definition) is 6. The van der Waals surface area contributed by atoms with Gasteiger partial charge in [0.05, 0.1) is 17.4 Å². The average molecular weight is 410 g/mol. The quantitative estimate of drug-likeness (QED) is 0.432. The molecule has 6 atom stereocenters. The van der Waals surface area contributed by atoms with Crippen molar-refractivity contribution in [1.29, 1.82) is 0 Å². The number of carbonyl (C=O) groups excluding carboxylic acids is 3. The number of fused-ring (bicyclic) bond motifs is 1. The first-order chi connectivity index (χ1) is 13.6. The summed E-state index contributed by atoms with van der Waals surface area (Å²) in [6, 6.07) is 3.94. The van der Waals surface area contributed by atoms with Crippen LogP contribution >= 0.6 is 0 Å². The van der Waals surface area contributed by atoms with E-state index in [1.165, 1.54) is 13.0 Å². The molecule has 1 heterocycles. The molecule has 3 fully saturated rings. The molecule has 1 aromatic rings. The molecule has 2 bridgehead atoms. The van der Waals surface area contributed by atoms with Crippen molar-refractivity contribution in [2.45, 2.75) is 31.7 Å². The maximum Gasteiger partial charge on any atom is 0.416 e. The Morgan fingerprint density at radius 3 is 2.62 bits per heavy atom. The highest BCUT2D eigenvalue weighted by Gasteiger charge is 2.70. The number of rotatable bonds is 4. The van der Waals surface area contributed by atoms with Crippen LogP contribution in [0.1, 0.15) is 18.9 Å². The third kappa shape index (κ3) is 3.18. The van der Waals surface area contributed by atoms with Gasteiger partial charge in [-0.15, -0.1) is 0 Å². The summed E-state index contributed by atoms with van der Waals surface area (Å²) in [6.45, 7) is 4.98. The van der Waals surface area contributed by atoms with Crippen molar-refractivity contribution in [3.8, 4) is 5.75 Å². The fraction of sp³-hybridized carbons (Fsp3) is 0.450. The van der Waals surface area contributed by atoms with Crippen LogP contribution in [-0.4, -0.2) is 30.1 Å². The minimum atomic E-state index is -4.58. The topological polar surface area (TPSA) is 78.9 Å². The lowest BCUT2D eigenvalue weighted by atomic mass is 9.78. The normalized spacial score (nSPS) is 32.1. The van der Waals surface area contributed by atoms with E-state index in [1.807, 2.05) is 0 Å². The summed E-state index contributed by atoms with van der Waals surface area (Å²) in [7, 11) is 0. The van der Waals surface area contributed by atoms with Crippen LogP contribution in [0, 0.1) is 23.7 Å². The predicted molar refractivity (Wildman–Crippen MR) is 90.2 cm³/mol. The summed E-state index contributed by atoms with van der Waals surface area (Å²) in [4.78, 5) is 37.0. The van der Waals surface area contributed by atoms with Crippen molar-refractivity contribution >= 4 is 17.9 Å². The zero-order chi connectivity index (χ0) is 21.1. The Bertz CT molecular complexity index is 908. The van der Waals surface area contributed by atoms with Crippen LogP contribution in [0.25, 0.3) is 0 Å². The van der Waals surface area contributed by atoms with Crippen molar-refractivity contribution in [1.82, 2.24) is 0 Å². The third-order valence-corrected chi connectivity index (χ3v) is 5.79. The van der Waals surface area contributed by atoms with E-state index in [4.69, 9.17) is 14.2 Å². The molecule has 1 saturated heterocycles. The molecule has 3 aliphatic rings. The summed E-state index contributed by atoms with van der Waals surface area (Å²) < 4.78 is 54.6. The number of alkyl halides is 3. The summed E-state index contributed by atoms with van der Waals surface area (Å²) in [5.74, 6) is -4.86. The number of hydrogen-bond donors (Lipinski definition) is 0. The monoisotopic (exact) mass is 410 g/mol. The highest BCUT2D eigenvalue weighted by Crippen LogP contribution is 2.59. The van der Waals surface area contributed by atoms with E-state index in [0.717, 1.165) is 18.2 Å². The van der Waals surface area contributed by atoms with Crippen molar-refractivity contribution in [3.05, 3.63) is 42.0 Å². The number of carbonyl (C=O) groups is 3. The summed E-state index contributed by atoms with van der Waals surface area (Å²) in [5.41, 5.74) is -0.791. The molecule has 0 radical (unpaired) electrons. The van der Waals surface area contributed by atoms with Crippen LogP contribution in [0.5, 0.6) is 5.75 Å². The Morgan fingerprint density at radius 2 is 1.97 bits per heavy atom. The Morgan fingerprint density at radius 1 is 1.24 bits per heavy atom. The molecule has 6 nitrogen and oxygen atoms in total. The first-order valence-corrected chi connectivity index (χ1v) is 9.04. The van der Waals surface area contributed by atoms with Gasteiger partial charge in [-0.3, -0.25) is 9.59 Å². The molecule has 9 heteroatoms. The van der Waals surface area contributed by atoms with Gasteiger partial charge in [0.15, 0.2) is 0 Å². The molecular formula is C20H17F3O6. The van der Waals surface area contributed by atoms with Crippen molar-refractivity contribution < 1.29 is 41.8 Å². The van der Waals surface area contributed by atoms with Crippen molar-refractivity contribution in [2.24, 2.45) is 23.7 Å². The molecule has 154 valence electrons. The van der Waals surface area contributed by atoms with Gasteiger partial charge in [0, 0.05) is 17.4 Å². The standard InChI is InChI=1S/C20H17F3O6/c1-8(2)17(24)28-15-11-7-12-14(19(26)29-16(12)15)13(11)18(25)27-10-5-3-4-9(6-10)20(21,22)23/h3-6,11-16H,1,7H2,2H3. The molecule has 2 aliphatic carbocycles. The van der Waals surface area contributed by atoms with Gasteiger partial charge in [-0.05, 0) is 31.5 Å². The fourth-order valence-electron chi connectivity index (χ4n) is 4.61. The lowest BCUT2D eigenvalue weighted by molar-refractivity contribution is -0.160. The van der Waals surface area contributed by atoms with Gasteiger partial charge in [0.2, 0.25) is 0 Å².